The van der Waals surface area contributed by atoms with Crippen LogP contribution in [0.1, 0.15) is 50.7 Å². The number of nitrogens with zero attached hydrogens (tertiary/aromatic N) is 1. The second-order valence-electron chi connectivity index (χ2n) is 8.22. The molecule has 0 saturated carbocycles. The lowest BCUT2D eigenvalue weighted by Gasteiger charge is -2.27. The highest BCUT2D eigenvalue weighted by Gasteiger charge is 2.23. The summed E-state index contributed by atoms with van der Waals surface area (Å²) in [7, 11) is 1.38. The Morgan fingerprint density at radius 1 is 1.22 bits per heavy atom. The van der Waals surface area contributed by atoms with Crippen LogP contribution in [-0.4, -0.2) is 38.1 Å². The van der Waals surface area contributed by atoms with Crippen LogP contribution < -0.4 is 10.2 Å². The van der Waals surface area contributed by atoms with Crippen LogP contribution in [0.25, 0.3) is 10.1 Å². The third-order valence-corrected chi connectivity index (χ3v) is 5.16. The van der Waals surface area contributed by atoms with Crippen molar-refractivity contribution < 1.29 is 14.3 Å². The highest BCUT2D eigenvalue weighted by atomic mass is 32.1. The van der Waals surface area contributed by atoms with Crippen molar-refractivity contribution >= 4 is 39.0 Å². The third kappa shape index (κ3) is 6.04. The molecular weight excluding hydrogens is 360 g/mol. The summed E-state index contributed by atoms with van der Waals surface area (Å²) in [6.45, 7) is 11.7. The molecule has 0 unspecified atom stereocenters. The monoisotopic (exact) mass is 390 g/mol. The van der Waals surface area contributed by atoms with Gasteiger partial charge in [-0.05, 0) is 35.1 Å². The molecule has 0 atom stereocenters. The van der Waals surface area contributed by atoms with Gasteiger partial charge in [0.25, 0.3) is 0 Å². The second-order valence-corrected chi connectivity index (χ2v) is 9.30. The van der Waals surface area contributed by atoms with E-state index in [-0.39, 0.29) is 17.3 Å². The summed E-state index contributed by atoms with van der Waals surface area (Å²) in [5.74, 6) is -0.227. The largest absolute Gasteiger partial charge is 0.465 e. The van der Waals surface area contributed by atoms with Gasteiger partial charge in [-0.2, -0.15) is 0 Å². The Bertz CT molecular complexity index is 805. The molecule has 0 saturated heterocycles. The zero-order valence-corrected chi connectivity index (χ0v) is 17.9. The molecule has 27 heavy (non-hydrogen) atoms. The van der Waals surface area contributed by atoms with Crippen LogP contribution in [0.5, 0.6) is 0 Å². The molecule has 0 aliphatic carbocycles. The van der Waals surface area contributed by atoms with Crippen molar-refractivity contribution in [2.45, 2.75) is 47.1 Å². The first-order valence-corrected chi connectivity index (χ1v) is 10.1. The zero-order chi connectivity index (χ0) is 20.2. The van der Waals surface area contributed by atoms with E-state index in [4.69, 9.17) is 4.74 Å². The number of nitrogens with one attached hydrogen (secondary N) is 1. The number of hydrogen-bond acceptors (Lipinski definition) is 5. The molecule has 0 bridgehead atoms. The first kappa shape index (κ1) is 21.4. The van der Waals surface area contributed by atoms with Crippen molar-refractivity contribution in [3.63, 3.8) is 0 Å². The van der Waals surface area contributed by atoms with Gasteiger partial charge in [-0.1, -0.05) is 34.6 Å². The fraction of sp³-hybridized carbons (Fsp3) is 0.524. The second kappa shape index (κ2) is 8.85. The molecule has 0 fully saturated rings. The lowest BCUT2D eigenvalue weighted by molar-refractivity contribution is -0.120. The summed E-state index contributed by atoms with van der Waals surface area (Å²) in [6.07, 6.45) is 0.476. The lowest BCUT2D eigenvalue weighted by Crippen LogP contribution is -2.40. The van der Waals surface area contributed by atoms with Crippen molar-refractivity contribution in [1.29, 1.82) is 0 Å². The lowest BCUT2D eigenvalue weighted by atomic mass is 9.91. The predicted octanol–water partition coefficient (Wildman–Crippen LogP) is 4.46. The molecule has 2 rings (SSSR count). The molecule has 1 aromatic heterocycles. The Kier molecular flexibility index (Phi) is 7.00. The number of carbonyl (C=O) groups is 2. The molecule has 5 nitrogen and oxygen atoms in total. The predicted molar refractivity (Wildman–Crippen MR) is 113 cm³/mol. The molecule has 1 N–H and O–H groups in total. The van der Waals surface area contributed by atoms with Gasteiger partial charge < -0.3 is 15.0 Å². The van der Waals surface area contributed by atoms with Crippen LogP contribution in [0.3, 0.4) is 0 Å². The number of benzene rings is 1. The van der Waals surface area contributed by atoms with Crippen LogP contribution >= 0.6 is 11.3 Å². The van der Waals surface area contributed by atoms with Gasteiger partial charge in [0.05, 0.1) is 7.11 Å². The maximum Gasteiger partial charge on any atom is 0.348 e. The number of ether oxygens (including phenoxy) is 1. The fourth-order valence-corrected chi connectivity index (χ4v) is 3.77. The number of rotatable bonds is 7. The molecule has 0 aliphatic rings. The summed E-state index contributed by atoms with van der Waals surface area (Å²) in [4.78, 5) is 27.2. The number of amides is 1. The quantitative estimate of drug-likeness (QED) is 0.710. The van der Waals surface area contributed by atoms with Crippen LogP contribution in [0.15, 0.2) is 24.3 Å². The van der Waals surface area contributed by atoms with Gasteiger partial charge in [-0.25, -0.2) is 4.79 Å². The van der Waals surface area contributed by atoms with Gasteiger partial charge in [-0.3, -0.25) is 4.79 Å². The van der Waals surface area contributed by atoms with Crippen LogP contribution in [-0.2, 0) is 9.53 Å². The van der Waals surface area contributed by atoms with Crippen LogP contribution in [0, 0.1) is 5.41 Å². The molecule has 0 aliphatic heterocycles. The minimum Gasteiger partial charge on any atom is -0.465 e. The van der Waals surface area contributed by atoms with E-state index in [9.17, 15) is 9.59 Å². The number of carbonyl (C=O) groups excluding carboxylic acids is 2. The van der Waals surface area contributed by atoms with E-state index in [2.05, 4.69) is 39.9 Å². The SMILES string of the molecule is COC(=O)c1cc2cc(N(CCNC(C)C)C(=O)CC(C)(C)C)ccc2s1. The number of anilines is 1. The minimum absolute atomic E-state index is 0.0780. The standard InChI is InChI=1S/C21H30N2O3S/c1-14(2)22-9-10-23(19(24)13-21(3,4)5)16-7-8-17-15(11-16)12-18(27-17)20(25)26-6/h7-8,11-12,14,22H,9-10,13H2,1-6H3. The molecule has 148 valence electrons. The summed E-state index contributed by atoms with van der Waals surface area (Å²) < 4.78 is 5.81. The van der Waals surface area contributed by atoms with Gasteiger partial charge in [-0.15, -0.1) is 11.3 Å². The Labute approximate surface area is 165 Å². The van der Waals surface area contributed by atoms with Crippen LogP contribution in [0.4, 0.5) is 5.69 Å². The average Bonchev–Trinajstić information content (AvgIpc) is 2.99. The number of thiophene rings is 1. The molecule has 6 heteroatoms. The number of esters is 1. The van der Waals surface area contributed by atoms with Crippen molar-refractivity contribution in [2.75, 3.05) is 25.1 Å². The number of fused-ring (bicyclic) bond motifs is 1. The van der Waals surface area contributed by atoms with Gasteiger partial charge in [0.15, 0.2) is 0 Å². The van der Waals surface area contributed by atoms with E-state index in [1.54, 1.807) is 0 Å². The van der Waals surface area contributed by atoms with E-state index >= 15 is 0 Å². The molecular formula is C21H30N2O3S. The zero-order valence-electron chi connectivity index (χ0n) is 17.1. The average molecular weight is 391 g/mol. The normalized spacial score (nSPS) is 11.8. The highest BCUT2D eigenvalue weighted by molar-refractivity contribution is 7.20. The first-order chi connectivity index (χ1) is 12.6. The highest BCUT2D eigenvalue weighted by Crippen LogP contribution is 2.31. The van der Waals surface area contributed by atoms with E-state index in [1.165, 1.54) is 18.4 Å². The van der Waals surface area contributed by atoms with E-state index < -0.39 is 0 Å². The van der Waals surface area contributed by atoms with Gasteiger partial charge in [0.1, 0.15) is 4.88 Å². The Hall–Kier alpha value is -1.92. The smallest absolute Gasteiger partial charge is 0.348 e. The summed E-state index contributed by atoms with van der Waals surface area (Å²) >= 11 is 1.40. The summed E-state index contributed by atoms with van der Waals surface area (Å²) in [5, 5.41) is 4.32. The summed E-state index contributed by atoms with van der Waals surface area (Å²) in [5.41, 5.74) is 0.780. The topological polar surface area (TPSA) is 58.6 Å². The Morgan fingerprint density at radius 2 is 1.93 bits per heavy atom. The maximum atomic E-state index is 13.0. The van der Waals surface area contributed by atoms with Crippen LogP contribution in [0.2, 0.25) is 0 Å². The molecule has 2 aromatic rings. The van der Waals surface area contributed by atoms with Crippen molar-refractivity contribution in [3.8, 4) is 0 Å². The van der Waals surface area contributed by atoms with Crippen molar-refractivity contribution in [1.82, 2.24) is 5.32 Å². The van der Waals surface area contributed by atoms with E-state index in [0.717, 1.165) is 22.3 Å². The first-order valence-electron chi connectivity index (χ1n) is 9.26. The molecule has 0 radical (unpaired) electrons. The third-order valence-electron chi connectivity index (χ3n) is 4.07. The molecule has 1 aromatic carbocycles. The maximum absolute atomic E-state index is 13.0. The number of methoxy groups -OCH3 is 1. The molecule has 1 heterocycles. The van der Waals surface area contributed by atoms with Gasteiger partial charge in [0, 0.05) is 35.9 Å². The molecule has 1 amide bonds. The Balaban J connectivity index is 2.32. The Morgan fingerprint density at radius 3 is 2.52 bits per heavy atom. The van der Waals surface area contributed by atoms with Gasteiger partial charge in [0.2, 0.25) is 5.91 Å². The van der Waals surface area contributed by atoms with E-state index in [0.29, 0.717) is 23.9 Å². The van der Waals surface area contributed by atoms with E-state index in [1.807, 2.05) is 29.2 Å². The van der Waals surface area contributed by atoms with Crippen molar-refractivity contribution in [3.05, 3.63) is 29.1 Å². The number of hydrogen-bond donors (Lipinski definition) is 1. The van der Waals surface area contributed by atoms with Gasteiger partial charge >= 0.3 is 5.97 Å². The summed E-state index contributed by atoms with van der Waals surface area (Å²) in [6, 6.07) is 8.10. The van der Waals surface area contributed by atoms with Crippen molar-refractivity contribution in [2.24, 2.45) is 5.41 Å². The molecule has 0 spiro atoms. The fourth-order valence-electron chi connectivity index (χ4n) is 2.81. The minimum atomic E-state index is -0.334.